The quantitative estimate of drug-likeness (QED) is 0.186. The third kappa shape index (κ3) is 5.50. The van der Waals surface area contributed by atoms with Gasteiger partial charge in [0.1, 0.15) is 5.84 Å². The van der Waals surface area contributed by atoms with Crippen LogP contribution in [0.3, 0.4) is 0 Å². The van der Waals surface area contributed by atoms with Gasteiger partial charge in [-0.25, -0.2) is 0 Å². The van der Waals surface area contributed by atoms with E-state index in [1.165, 1.54) is 72.3 Å². The summed E-state index contributed by atoms with van der Waals surface area (Å²) in [4.78, 5) is 5.12. The van der Waals surface area contributed by atoms with E-state index in [0.29, 0.717) is 5.92 Å². The first-order chi connectivity index (χ1) is 28.9. The van der Waals surface area contributed by atoms with E-state index >= 15 is 0 Å². The maximum Gasteiger partial charge on any atom is 0.133 e. The van der Waals surface area contributed by atoms with Crippen molar-refractivity contribution in [1.29, 1.82) is 0 Å². The summed E-state index contributed by atoms with van der Waals surface area (Å²) >= 11 is 0. The monoisotopic (exact) mass is 758 g/mol. The van der Waals surface area contributed by atoms with Crippen molar-refractivity contribution < 1.29 is 0 Å². The van der Waals surface area contributed by atoms with Crippen LogP contribution in [0.15, 0.2) is 199 Å². The van der Waals surface area contributed by atoms with E-state index in [4.69, 9.17) is 4.99 Å². The van der Waals surface area contributed by atoms with E-state index in [1.54, 1.807) is 0 Å². The Morgan fingerprint density at radius 2 is 1.07 bits per heavy atom. The summed E-state index contributed by atoms with van der Waals surface area (Å²) in [6.07, 6.45) is 7.98. The largest absolute Gasteiger partial charge is 0.340 e. The number of aliphatic imine (C=N–C) groups is 1. The Balaban J connectivity index is 0.953. The van der Waals surface area contributed by atoms with Crippen molar-refractivity contribution in [2.45, 2.75) is 44.1 Å². The third-order valence-electron chi connectivity index (χ3n) is 13.5. The van der Waals surface area contributed by atoms with Gasteiger partial charge in [-0.1, -0.05) is 203 Å². The van der Waals surface area contributed by atoms with Crippen LogP contribution in [-0.4, -0.2) is 5.84 Å². The van der Waals surface area contributed by atoms with Crippen molar-refractivity contribution in [2.24, 2.45) is 10.9 Å². The van der Waals surface area contributed by atoms with Crippen molar-refractivity contribution in [2.75, 3.05) is 0 Å². The van der Waals surface area contributed by atoms with Gasteiger partial charge >= 0.3 is 0 Å². The van der Waals surface area contributed by atoms with Gasteiger partial charge in [-0.3, -0.25) is 4.99 Å². The normalized spacial score (nSPS) is 19.2. The number of fused-ring (bicyclic) bond motifs is 9. The molecule has 59 heavy (non-hydrogen) atoms. The average molecular weight is 759 g/mol. The van der Waals surface area contributed by atoms with E-state index < -0.39 is 0 Å². The Hall–Kier alpha value is -6.77. The van der Waals surface area contributed by atoms with Crippen LogP contribution in [0.25, 0.3) is 28.0 Å². The van der Waals surface area contributed by atoms with E-state index in [2.05, 4.69) is 214 Å². The van der Waals surface area contributed by atoms with Crippen LogP contribution < -0.4 is 5.32 Å². The molecule has 1 spiro atoms. The maximum atomic E-state index is 5.12. The Labute approximate surface area is 348 Å². The zero-order valence-electron chi connectivity index (χ0n) is 33.8. The number of hydrogen-bond donors (Lipinski definition) is 1. The van der Waals surface area contributed by atoms with Crippen molar-refractivity contribution >= 4 is 22.7 Å². The molecule has 0 bridgehead atoms. The van der Waals surface area contributed by atoms with Gasteiger partial charge in [-0.15, -0.1) is 0 Å². The highest BCUT2D eigenvalue weighted by atomic mass is 15.0. The SMILES string of the molecule is CC1CC(c2ccc(C3=CC(c4ccccc4)N=C(c4ccccc4)N3)cc2)=CC=C1c1ccc2c(c1)C1(c3ccccc3-2)c2ccccc2C(C)(C)c2ccccc21. The molecule has 284 valence electrons. The lowest BCUT2D eigenvalue weighted by atomic mass is 9.55. The number of benzene rings is 7. The predicted molar refractivity (Wildman–Crippen MR) is 245 cm³/mol. The zero-order valence-corrected chi connectivity index (χ0v) is 33.8. The predicted octanol–water partition coefficient (Wildman–Crippen LogP) is 13.3. The molecule has 0 fully saturated rings. The molecule has 2 unspecified atom stereocenters. The minimum absolute atomic E-state index is 0.0644. The standard InChI is InChI=1S/C57H46N2/c1-37-34-42(38-26-28-40(29-27-38)54-36-53(39-16-6-4-7-17-39)58-55(59-54)41-18-8-5-9-19-41)30-32-44(37)43-31-33-46-45-20-10-11-21-47(45)57(52(46)35-43)50-24-14-12-22-48(50)56(2,3)49-23-13-15-25-51(49)57/h4-33,35-37,53H,34H2,1-3H3,(H,58,59). The molecular weight excluding hydrogens is 713 g/mol. The minimum atomic E-state index is -0.386. The molecule has 0 saturated carbocycles. The summed E-state index contributed by atoms with van der Waals surface area (Å²) in [7, 11) is 0. The van der Waals surface area contributed by atoms with E-state index in [9.17, 15) is 0 Å². The molecule has 1 aliphatic heterocycles. The van der Waals surface area contributed by atoms with E-state index in [1.807, 2.05) is 6.07 Å². The molecule has 7 aromatic rings. The number of allylic oxidation sites excluding steroid dienone is 4. The highest BCUT2D eigenvalue weighted by Gasteiger charge is 2.53. The highest BCUT2D eigenvalue weighted by molar-refractivity contribution is 6.05. The molecule has 4 aliphatic rings. The molecule has 3 aliphatic carbocycles. The second kappa shape index (κ2) is 13.7. The van der Waals surface area contributed by atoms with Crippen molar-refractivity contribution in [3.63, 3.8) is 0 Å². The lowest BCUT2D eigenvalue weighted by Crippen LogP contribution is -2.40. The second-order valence-electron chi connectivity index (χ2n) is 17.2. The van der Waals surface area contributed by atoms with Gasteiger partial charge in [0.05, 0.1) is 11.5 Å². The molecule has 0 radical (unpaired) electrons. The molecule has 1 N–H and O–H groups in total. The number of amidine groups is 1. The van der Waals surface area contributed by atoms with Gasteiger partial charge in [0.15, 0.2) is 0 Å². The second-order valence-corrected chi connectivity index (χ2v) is 17.2. The van der Waals surface area contributed by atoms with Crippen LogP contribution in [-0.2, 0) is 10.8 Å². The van der Waals surface area contributed by atoms with Gasteiger partial charge in [-0.2, -0.15) is 0 Å². The molecule has 2 nitrogen and oxygen atoms in total. The molecule has 0 amide bonds. The molecule has 0 aromatic heterocycles. The summed E-state index contributed by atoms with van der Waals surface area (Å²) in [6, 6.07) is 64.9. The lowest BCUT2D eigenvalue weighted by molar-refractivity contribution is 0.563. The first kappa shape index (κ1) is 35.4. The van der Waals surface area contributed by atoms with Crippen LogP contribution in [0, 0.1) is 5.92 Å². The van der Waals surface area contributed by atoms with Gasteiger partial charge in [0.2, 0.25) is 0 Å². The fourth-order valence-electron chi connectivity index (χ4n) is 10.6. The van der Waals surface area contributed by atoms with Crippen molar-refractivity contribution in [1.82, 2.24) is 5.32 Å². The zero-order chi connectivity index (χ0) is 39.7. The maximum absolute atomic E-state index is 5.12. The fraction of sp³-hybridized carbons (Fsp3) is 0.140. The Bertz CT molecular complexity index is 2860. The molecule has 2 heteroatoms. The molecule has 7 aromatic carbocycles. The van der Waals surface area contributed by atoms with Crippen LogP contribution in [0.2, 0.25) is 0 Å². The Morgan fingerprint density at radius 1 is 0.508 bits per heavy atom. The summed E-state index contributed by atoms with van der Waals surface area (Å²) in [6.45, 7) is 7.18. The highest BCUT2D eigenvalue weighted by Crippen LogP contribution is 2.62. The number of rotatable bonds is 5. The van der Waals surface area contributed by atoms with Gasteiger partial charge in [-0.05, 0) is 102 Å². The Kier molecular flexibility index (Phi) is 8.20. The van der Waals surface area contributed by atoms with Gasteiger partial charge < -0.3 is 5.32 Å². The topological polar surface area (TPSA) is 24.4 Å². The molecule has 11 rings (SSSR count). The first-order valence-corrected chi connectivity index (χ1v) is 21.0. The summed E-state index contributed by atoms with van der Waals surface area (Å²) in [5.74, 6) is 1.25. The number of nitrogens with one attached hydrogen (secondary N) is 1. The minimum Gasteiger partial charge on any atom is -0.340 e. The lowest BCUT2D eigenvalue weighted by Gasteiger charge is -2.46. The molecular formula is C57H46N2. The number of hydrogen-bond acceptors (Lipinski definition) is 2. The summed E-state index contributed by atoms with van der Waals surface area (Å²) < 4.78 is 0. The molecule has 1 heterocycles. The van der Waals surface area contributed by atoms with Crippen LogP contribution in [0.1, 0.15) is 94.4 Å². The van der Waals surface area contributed by atoms with E-state index in [0.717, 1.165) is 29.1 Å². The van der Waals surface area contributed by atoms with Crippen molar-refractivity contribution in [3.8, 4) is 11.1 Å². The van der Waals surface area contributed by atoms with Crippen LogP contribution >= 0.6 is 0 Å². The van der Waals surface area contributed by atoms with Crippen LogP contribution in [0.5, 0.6) is 0 Å². The Morgan fingerprint density at radius 3 is 1.75 bits per heavy atom. The van der Waals surface area contributed by atoms with E-state index in [-0.39, 0.29) is 16.9 Å². The third-order valence-corrected chi connectivity index (χ3v) is 13.5. The van der Waals surface area contributed by atoms with Crippen LogP contribution in [0.4, 0.5) is 0 Å². The molecule has 0 saturated heterocycles. The smallest absolute Gasteiger partial charge is 0.133 e. The van der Waals surface area contributed by atoms with Crippen molar-refractivity contribution in [3.05, 3.63) is 255 Å². The molecule has 2 atom stereocenters. The first-order valence-electron chi connectivity index (χ1n) is 21.0. The summed E-state index contributed by atoms with van der Waals surface area (Å²) in [5, 5.41) is 3.66. The summed E-state index contributed by atoms with van der Waals surface area (Å²) in [5.41, 5.74) is 20.4. The average Bonchev–Trinajstić information content (AvgIpc) is 3.59. The number of nitrogens with zero attached hydrogens (tertiary/aromatic N) is 1. The van der Waals surface area contributed by atoms with Gasteiger partial charge in [0.25, 0.3) is 0 Å². The van der Waals surface area contributed by atoms with Gasteiger partial charge in [0, 0.05) is 16.7 Å². The fourth-order valence-corrected chi connectivity index (χ4v) is 10.6.